The number of aromatic nitrogens is 1. The third-order valence-electron chi connectivity index (χ3n) is 2.15. The minimum Gasteiger partial charge on any atom is -0.507 e. The van der Waals surface area contributed by atoms with Gasteiger partial charge in [0.2, 0.25) is 0 Å². The fourth-order valence-electron chi connectivity index (χ4n) is 1.41. The van der Waals surface area contributed by atoms with Crippen molar-refractivity contribution in [1.29, 1.82) is 0 Å². The number of phenolic OH excluding ortho intramolecular Hbond substituents is 1. The molecule has 76 valence electrons. The van der Waals surface area contributed by atoms with E-state index in [1.807, 2.05) is 6.07 Å². The van der Waals surface area contributed by atoms with Crippen LogP contribution >= 0.6 is 0 Å². The first-order chi connectivity index (χ1) is 7.31. The average Bonchev–Trinajstić information content (AvgIpc) is 2.30. The summed E-state index contributed by atoms with van der Waals surface area (Å²) in [5.41, 5.74) is 1.93. The Hall–Kier alpha value is -1.87. The number of aliphatic hydroxyl groups is 1. The number of rotatable bonds is 2. The molecule has 1 aromatic carbocycles. The van der Waals surface area contributed by atoms with Crippen LogP contribution in [0.2, 0.25) is 0 Å². The van der Waals surface area contributed by atoms with Gasteiger partial charge in [-0.25, -0.2) is 0 Å². The van der Waals surface area contributed by atoms with E-state index in [4.69, 9.17) is 5.11 Å². The molecule has 0 amide bonds. The minimum absolute atomic E-state index is 0.0958. The minimum atomic E-state index is -0.0958. The number of aliphatic hydroxyl groups excluding tert-OH is 1. The Bertz CT molecular complexity index is 469. The van der Waals surface area contributed by atoms with E-state index in [0.29, 0.717) is 17.0 Å². The van der Waals surface area contributed by atoms with E-state index in [1.165, 1.54) is 0 Å². The number of phenols is 1. The molecule has 0 aliphatic carbocycles. The summed E-state index contributed by atoms with van der Waals surface area (Å²) in [5.74, 6) is 0.195. The zero-order chi connectivity index (χ0) is 10.7. The first-order valence-electron chi connectivity index (χ1n) is 4.66. The van der Waals surface area contributed by atoms with Gasteiger partial charge in [-0.3, -0.25) is 4.98 Å². The van der Waals surface area contributed by atoms with Crippen molar-refractivity contribution < 1.29 is 10.2 Å². The van der Waals surface area contributed by atoms with Crippen LogP contribution < -0.4 is 0 Å². The van der Waals surface area contributed by atoms with E-state index in [1.54, 1.807) is 36.4 Å². The molecule has 0 fully saturated rings. The van der Waals surface area contributed by atoms with Gasteiger partial charge in [0.25, 0.3) is 0 Å². The number of hydrogen-bond donors (Lipinski definition) is 2. The molecule has 1 aromatic heterocycles. The van der Waals surface area contributed by atoms with Crippen LogP contribution in [0.25, 0.3) is 11.3 Å². The van der Waals surface area contributed by atoms with Crippen molar-refractivity contribution in [3.63, 3.8) is 0 Å². The summed E-state index contributed by atoms with van der Waals surface area (Å²) in [6.45, 7) is -0.0958. The Morgan fingerprint density at radius 2 is 1.80 bits per heavy atom. The number of benzene rings is 1. The number of pyridine rings is 1. The van der Waals surface area contributed by atoms with Gasteiger partial charge in [-0.05, 0) is 24.3 Å². The second-order valence-electron chi connectivity index (χ2n) is 3.19. The molecule has 0 aliphatic heterocycles. The van der Waals surface area contributed by atoms with Crippen molar-refractivity contribution in [3.05, 3.63) is 48.2 Å². The Balaban J connectivity index is 2.49. The quantitative estimate of drug-likeness (QED) is 0.780. The van der Waals surface area contributed by atoms with Crippen molar-refractivity contribution in [3.8, 4) is 17.0 Å². The normalized spacial score (nSPS) is 10.2. The summed E-state index contributed by atoms with van der Waals surface area (Å²) in [6, 6.07) is 12.3. The van der Waals surface area contributed by atoms with E-state index < -0.39 is 0 Å². The van der Waals surface area contributed by atoms with E-state index in [9.17, 15) is 5.11 Å². The average molecular weight is 201 g/mol. The molecule has 0 atom stereocenters. The number of para-hydroxylation sites is 1. The summed E-state index contributed by atoms with van der Waals surface area (Å²) < 4.78 is 0. The van der Waals surface area contributed by atoms with Crippen molar-refractivity contribution in [1.82, 2.24) is 4.98 Å². The van der Waals surface area contributed by atoms with Crippen molar-refractivity contribution >= 4 is 0 Å². The van der Waals surface area contributed by atoms with Crippen molar-refractivity contribution in [2.75, 3.05) is 0 Å². The lowest BCUT2D eigenvalue weighted by molar-refractivity contribution is 0.277. The summed E-state index contributed by atoms with van der Waals surface area (Å²) in [4.78, 5) is 4.21. The highest BCUT2D eigenvalue weighted by Crippen LogP contribution is 2.26. The zero-order valence-electron chi connectivity index (χ0n) is 8.09. The van der Waals surface area contributed by atoms with Gasteiger partial charge >= 0.3 is 0 Å². The second kappa shape index (κ2) is 4.11. The molecule has 3 heteroatoms. The standard InChI is InChI=1S/C12H11NO2/c14-8-9-4-3-6-11(13-9)10-5-1-2-7-12(10)15/h1-7,14-15H,8H2. The van der Waals surface area contributed by atoms with Gasteiger partial charge in [-0.1, -0.05) is 18.2 Å². The maximum absolute atomic E-state index is 9.63. The van der Waals surface area contributed by atoms with Gasteiger partial charge in [0.1, 0.15) is 5.75 Å². The van der Waals surface area contributed by atoms with Crippen LogP contribution in [0.3, 0.4) is 0 Å². The lowest BCUT2D eigenvalue weighted by atomic mass is 10.1. The molecule has 2 aromatic rings. The Morgan fingerprint density at radius 1 is 1.00 bits per heavy atom. The molecule has 0 radical (unpaired) electrons. The van der Waals surface area contributed by atoms with Crippen LogP contribution in [0.15, 0.2) is 42.5 Å². The lowest BCUT2D eigenvalue weighted by Crippen LogP contribution is -1.91. The predicted molar refractivity (Wildman–Crippen MR) is 57.3 cm³/mol. The molecular formula is C12H11NO2. The van der Waals surface area contributed by atoms with Gasteiger partial charge in [0, 0.05) is 5.56 Å². The summed E-state index contributed by atoms with van der Waals surface area (Å²) in [5, 5.41) is 18.6. The third kappa shape index (κ3) is 1.97. The van der Waals surface area contributed by atoms with Gasteiger partial charge in [-0.2, -0.15) is 0 Å². The monoisotopic (exact) mass is 201 g/mol. The van der Waals surface area contributed by atoms with E-state index >= 15 is 0 Å². The molecule has 1 heterocycles. The number of nitrogens with zero attached hydrogens (tertiary/aromatic N) is 1. The maximum atomic E-state index is 9.63. The number of hydrogen-bond acceptors (Lipinski definition) is 3. The van der Waals surface area contributed by atoms with Crippen LogP contribution in [-0.4, -0.2) is 15.2 Å². The van der Waals surface area contributed by atoms with Crippen molar-refractivity contribution in [2.24, 2.45) is 0 Å². The summed E-state index contributed by atoms with van der Waals surface area (Å²) in [6.07, 6.45) is 0. The number of aromatic hydroxyl groups is 1. The molecule has 2 rings (SSSR count). The van der Waals surface area contributed by atoms with E-state index in [-0.39, 0.29) is 12.4 Å². The van der Waals surface area contributed by atoms with Crippen LogP contribution in [0.4, 0.5) is 0 Å². The SMILES string of the molecule is OCc1cccc(-c2ccccc2O)n1. The molecule has 3 nitrogen and oxygen atoms in total. The third-order valence-corrected chi connectivity index (χ3v) is 2.15. The molecule has 0 saturated carbocycles. The largest absolute Gasteiger partial charge is 0.507 e. The highest BCUT2D eigenvalue weighted by atomic mass is 16.3. The summed E-state index contributed by atoms with van der Waals surface area (Å²) >= 11 is 0. The van der Waals surface area contributed by atoms with Crippen LogP contribution in [0.5, 0.6) is 5.75 Å². The first kappa shape index (κ1) is 9.68. The molecule has 2 N–H and O–H groups in total. The highest BCUT2D eigenvalue weighted by molar-refractivity contribution is 5.66. The molecule has 0 aliphatic rings. The van der Waals surface area contributed by atoms with E-state index in [2.05, 4.69) is 4.98 Å². The smallest absolute Gasteiger partial charge is 0.124 e. The second-order valence-corrected chi connectivity index (χ2v) is 3.19. The van der Waals surface area contributed by atoms with Gasteiger partial charge in [0.05, 0.1) is 18.0 Å². The molecule has 0 spiro atoms. The Morgan fingerprint density at radius 3 is 2.53 bits per heavy atom. The fourth-order valence-corrected chi connectivity index (χ4v) is 1.41. The van der Waals surface area contributed by atoms with E-state index in [0.717, 1.165) is 0 Å². The maximum Gasteiger partial charge on any atom is 0.124 e. The zero-order valence-corrected chi connectivity index (χ0v) is 8.09. The molecule has 0 unspecified atom stereocenters. The molecule has 0 saturated heterocycles. The summed E-state index contributed by atoms with van der Waals surface area (Å²) in [7, 11) is 0. The predicted octanol–water partition coefficient (Wildman–Crippen LogP) is 1.95. The van der Waals surface area contributed by atoms with Crippen molar-refractivity contribution in [2.45, 2.75) is 6.61 Å². The molecule has 15 heavy (non-hydrogen) atoms. The Labute approximate surface area is 87.7 Å². The Kier molecular flexibility index (Phi) is 2.65. The van der Waals surface area contributed by atoms with Gasteiger partial charge < -0.3 is 10.2 Å². The molecule has 0 bridgehead atoms. The fraction of sp³-hybridized carbons (Fsp3) is 0.0833. The van der Waals surface area contributed by atoms with Gasteiger partial charge in [0.15, 0.2) is 0 Å². The van der Waals surface area contributed by atoms with Crippen LogP contribution in [0, 0.1) is 0 Å². The first-order valence-corrected chi connectivity index (χ1v) is 4.66. The highest BCUT2D eigenvalue weighted by Gasteiger charge is 2.04. The molecular weight excluding hydrogens is 190 g/mol. The lowest BCUT2D eigenvalue weighted by Gasteiger charge is -2.04. The topological polar surface area (TPSA) is 53.4 Å². The van der Waals surface area contributed by atoms with Gasteiger partial charge in [-0.15, -0.1) is 0 Å². The van der Waals surface area contributed by atoms with Crippen LogP contribution in [0.1, 0.15) is 5.69 Å². The van der Waals surface area contributed by atoms with Crippen LogP contribution in [-0.2, 0) is 6.61 Å².